The van der Waals surface area contributed by atoms with Crippen molar-refractivity contribution in [2.45, 2.75) is 39.4 Å². The van der Waals surface area contributed by atoms with Crippen molar-refractivity contribution < 1.29 is 33.7 Å². The molecule has 0 saturated heterocycles. The summed E-state index contributed by atoms with van der Waals surface area (Å²) in [4.78, 5) is 28.5. The summed E-state index contributed by atoms with van der Waals surface area (Å²) in [5.41, 5.74) is 0. The van der Waals surface area contributed by atoms with Gasteiger partial charge in [-0.05, 0) is 13.0 Å². The molecule has 0 fully saturated rings. The minimum atomic E-state index is -0.833. The zero-order chi connectivity index (χ0) is 16.0. The number of esters is 1. The van der Waals surface area contributed by atoms with Crippen molar-refractivity contribution in [2.75, 3.05) is 13.7 Å². The Morgan fingerprint density at radius 1 is 1.45 bits per heavy atom. The number of carbonyl (C=O) groups is 3. The lowest BCUT2D eigenvalue weighted by atomic mass is 10.1. The number of aliphatic carboxylic acids is 1. The van der Waals surface area contributed by atoms with Gasteiger partial charge in [0.05, 0.1) is 12.9 Å². The first-order chi connectivity index (χ1) is 9.37. The Morgan fingerprint density at radius 3 is 2.35 bits per heavy atom. The summed E-state index contributed by atoms with van der Waals surface area (Å²) < 4.78 is 15.2. The number of ether oxygens (including phenoxy) is 3. The highest BCUT2D eigenvalue weighted by Crippen LogP contribution is 2.14. The van der Waals surface area contributed by atoms with Crippen molar-refractivity contribution >= 4 is 18.2 Å². The molecule has 0 aromatic heterocycles. The fourth-order valence-electron chi connectivity index (χ4n) is 1.23. The van der Waals surface area contributed by atoms with Gasteiger partial charge in [0.1, 0.15) is 18.5 Å². The Morgan fingerprint density at radius 2 is 1.95 bits per heavy atom. The number of carboxylic acid groups (broad SMARTS) is 1. The van der Waals surface area contributed by atoms with Crippen LogP contribution >= 0.6 is 0 Å². The van der Waals surface area contributed by atoms with Crippen molar-refractivity contribution in [1.29, 1.82) is 0 Å². The fraction of sp³-hybridized carbons (Fsp3) is 0.615. The van der Waals surface area contributed by atoms with E-state index in [9.17, 15) is 4.79 Å². The Bertz CT molecular complexity index is 308. The van der Waals surface area contributed by atoms with Crippen LogP contribution in [0.1, 0.15) is 27.2 Å². The standard InChI is InChI=1S/C9H14O4.C2H4O2.C2H4O/c1-7(10)13-8-3-4-12-9(5-8)6-11-2;1-2(3)4;1-2-3/h3-4,8-9H,5-6H2,1-2H3;1H3,(H,3,4);2H,1H3. The van der Waals surface area contributed by atoms with Gasteiger partial charge in [-0.1, -0.05) is 0 Å². The highest BCUT2D eigenvalue weighted by molar-refractivity contribution is 5.66. The molecule has 2 atom stereocenters. The lowest BCUT2D eigenvalue weighted by Gasteiger charge is -2.24. The number of aldehydes is 1. The minimum absolute atomic E-state index is 0.0145. The van der Waals surface area contributed by atoms with E-state index in [1.165, 1.54) is 13.8 Å². The first kappa shape index (κ1) is 20.4. The summed E-state index contributed by atoms with van der Waals surface area (Å²) in [7, 11) is 1.61. The van der Waals surface area contributed by atoms with Crippen LogP contribution in [0.15, 0.2) is 12.3 Å². The molecule has 7 nitrogen and oxygen atoms in total. The van der Waals surface area contributed by atoms with Crippen LogP contribution in [0, 0.1) is 0 Å². The molecule has 0 aliphatic carbocycles. The average Bonchev–Trinajstić information content (AvgIpc) is 2.29. The van der Waals surface area contributed by atoms with Gasteiger partial charge in [0.25, 0.3) is 5.97 Å². The molecule has 20 heavy (non-hydrogen) atoms. The fourth-order valence-corrected chi connectivity index (χ4v) is 1.23. The summed E-state index contributed by atoms with van der Waals surface area (Å²) in [5.74, 6) is -1.10. The van der Waals surface area contributed by atoms with Gasteiger partial charge in [0, 0.05) is 27.4 Å². The second-order valence-corrected chi connectivity index (χ2v) is 3.68. The first-order valence-electron chi connectivity index (χ1n) is 5.94. The first-order valence-corrected chi connectivity index (χ1v) is 5.94. The molecule has 0 amide bonds. The van der Waals surface area contributed by atoms with Gasteiger partial charge in [-0.25, -0.2) is 0 Å². The van der Waals surface area contributed by atoms with Crippen LogP contribution in [0.25, 0.3) is 0 Å². The van der Waals surface area contributed by atoms with E-state index < -0.39 is 5.97 Å². The predicted octanol–water partition coefficient (Wildman–Crippen LogP) is 1.16. The quantitative estimate of drug-likeness (QED) is 0.615. The molecular weight excluding hydrogens is 268 g/mol. The summed E-state index contributed by atoms with van der Waals surface area (Å²) in [5, 5.41) is 7.42. The maximum atomic E-state index is 10.6. The van der Waals surface area contributed by atoms with E-state index in [-0.39, 0.29) is 18.2 Å². The van der Waals surface area contributed by atoms with E-state index in [1.807, 2.05) is 0 Å². The molecule has 0 spiro atoms. The molecule has 1 heterocycles. The molecular formula is C13H22O7. The normalized spacial score (nSPS) is 19.2. The number of carboxylic acids is 1. The van der Waals surface area contributed by atoms with Crippen molar-refractivity contribution in [3.05, 3.63) is 12.3 Å². The van der Waals surface area contributed by atoms with Crippen LogP contribution in [-0.4, -0.2) is 49.3 Å². The van der Waals surface area contributed by atoms with Gasteiger partial charge in [-0.15, -0.1) is 0 Å². The van der Waals surface area contributed by atoms with Gasteiger partial charge in [-0.2, -0.15) is 0 Å². The van der Waals surface area contributed by atoms with Crippen molar-refractivity contribution in [2.24, 2.45) is 0 Å². The van der Waals surface area contributed by atoms with Crippen LogP contribution in [0.4, 0.5) is 0 Å². The Balaban J connectivity index is 0. The van der Waals surface area contributed by atoms with Crippen molar-refractivity contribution in [3.63, 3.8) is 0 Å². The number of methoxy groups -OCH3 is 1. The summed E-state index contributed by atoms with van der Waals surface area (Å²) >= 11 is 0. The van der Waals surface area contributed by atoms with Crippen molar-refractivity contribution in [3.8, 4) is 0 Å². The molecule has 1 N–H and O–H groups in total. The number of hydrogen-bond acceptors (Lipinski definition) is 6. The topological polar surface area (TPSA) is 99.1 Å². The Hall–Kier alpha value is -1.89. The van der Waals surface area contributed by atoms with Crippen LogP contribution in [0.3, 0.4) is 0 Å². The van der Waals surface area contributed by atoms with Crippen LogP contribution in [0.2, 0.25) is 0 Å². The lowest BCUT2D eigenvalue weighted by molar-refractivity contribution is -0.146. The van der Waals surface area contributed by atoms with E-state index in [4.69, 9.17) is 28.9 Å². The molecule has 1 rings (SSSR count). The highest BCUT2D eigenvalue weighted by atomic mass is 16.6. The third kappa shape index (κ3) is 16.1. The molecule has 0 aromatic rings. The highest BCUT2D eigenvalue weighted by Gasteiger charge is 2.20. The molecule has 2 unspecified atom stereocenters. The maximum absolute atomic E-state index is 10.6. The predicted molar refractivity (Wildman–Crippen MR) is 71.1 cm³/mol. The van der Waals surface area contributed by atoms with Crippen molar-refractivity contribution in [1.82, 2.24) is 0 Å². The third-order valence-electron chi connectivity index (χ3n) is 1.73. The lowest BCUT2D eigenvalue weighted by Crippen LogP contribution is -2.28. The molecule has 0 saturated carbocycles. The van der Waals surface area contributed by atoms with Gasteiger partial charge in [-0.3, -0.25) is 9.59 Å². The summed E-state index contributed by atoms with van der Waals surface area (Å²) in [6.45, 7) is 4.44. The van der Waals surface area contributed by atoms with E-state index in [0.29, 0.717) is 13.0 Å². The third-order valence-corrected chi connectivity index (χ3v) is 1.73. The monoisotopic (exact) mass is 290 g/mol. The second-order valence-electron chi connectivity index (χ2n) is 3.68. The van der Waals surface area contributed by atoms with Crippen LogP contribution in [0.5, 0.6) is 0 Å². The minimum Gasteiger partial charge on any atom is -0.496 e. The number of carbonyl (C=O) groups excluding carboxylic acids is 2. The molecule has 0 bridgehead atoms. The van der Waals surface area contributed by atoms with E-state index >= 15 is 0 Å². The van der Waals surface area contributed by atoms with Crippen LogP contribution < -0.4 is 0 Å². The van der Waals surface area contributed by atoms with Crippen LogP contribution in [-0.2, 0) is 28.6 Å². The largest absolute Gasteiger partial charge is 0.496 e. The molecule has 0 aromatic carbocycles. The molecule has 116 valence electrons. The molecule has 1 aliphatic rings. The van der Waals surface area contributed by atoms with E-state index in [2.05, 4.69) is 0 Å². The van der Waals surface area contributed by atoms with Gasteiger partial charge in [0.2, 0.25) is 0 Å². The Labute approximate surface area is 118 Å². The zero-order valence-electron chi connectivity index (χ0n) is 12.2. The SMILES string of the molecule is CC(=O)O.CC=O.COCC1CC(OC(C)=O)C=CO1. The molecule has 0 radical (unpaired) electrons. The average molecular weight is 290 g/mol. The smallest absolute Gasteiger partial charge is 0.303 e. The summed E-state index contributed by atoms with van der Waals surface area (Å²) in [6, 6.07) is 0. The Kier molecular flexibility index (Phi) is 13.8. The maximum Gasteiger partial charge on any atom is 0.303 e. The summed E-state index contributed by atoms with van der Waals surface area (Å²) in [6.07, 6.45) is 4.50. The number of rotatable bonds is 3. The van der Waals surface area contributed by atoms with Gasteiger partial charge < -0.3 is 24.1 Å². The number of hydrogen-bond donors (Lipinski definition) is 1. The second kappa shape index (κ2) is 13.5. The zero-order valence-corrected chi connectivity index (χ0v) is 12.2. The van der Waals surface area contributed by atoms with Gasteiger partial charge >= 0.3 is 5.97 Å². The van der Waals surface area contributed by atoms with E-state index in [0.717, 1.165) is 13.2 Å². The molecule has 7 heteroatoms. The van der Waals surface area contributed by atoms with E-state index in [1.54, 1.807) is 19.4 Å². The molecule has 1 aliphatic heterocycles. The van der Waals surface area contributed by atoms with Gasteiger partial charge in [0.15, 0.2) is 0 Å².